The summed E-state index contributed by atoms with van der Waals surface area (Å²) in [5, 5.41) is 0. The number of amides is 1. The van der Waals surface area contributed by atoms with Crippen LogP contribution in [0.25, 0.3) is 0 Å². The van der Waals surface area contributed by atoms with E-state index in [4.69, 9.17) is 6.42 Å². The van der Waals surface area contributed by atoms with Crippen molar-refractivity contribution < 1.29 is 22.7 Å². The number of rotatable bonds is 2. The van der Waals surface area contributed by atoms with Gasteiger partial charge in [-0.05, 0) is 28.1 Å². The standard InChI is InChI=1S/C13H9BrF3NO2/c1-2-8-5-12(19)18(7-8)11-6-9(3-4-10(11)14)20-13(15,16)17/h1,3-4,6,8H,5,7H2. The molecule has 1 aliphatic rings. The molecule has 0 aromatic heterocycles. The zero-order valence-corrected chi connectivity index (χ0v) is 11.7. The average molecular weight is 348 g/mol. The maximum Gasteiger partial charge on any atom is 0.573 e. The predicted octanol–water partition coefficient (Wildman–Crippen LogP) is 3.33. The first-order valence-electron chi connectivity index (χ1n) is 5.62. The maximum atomic E-state index is 12.2. The van der Waals surface area contributed by atoms with Gasteiger partial charge >= 0.3 is 6.36 Å². The molecule has 0 saturated carbocycles. The smallest absolute Gasteiger partial charge is 0.406 e. The topological polar surface area (TPSA) is 29.5 Å². The van der Waals surface area contributed by atoms with Crippen LogP contribution in [-0.2, 0) is 4.79 Å². The fourth-order valence-electron chi connectivity index (χ4n) is 1.95. The highest BCUT2D eigenvalue weighted by molar-refractivity contribution is 9.10. The number of alkyl halides is 3. The summed E-state index contributed by atoms with van der Waals surface area (Å²) in [5.74, 6) is 1.64. The van der Waals surface area contributed by atoms with Gasteiger partial charge in [0, 0.05) is 29.4 Å². The van der Waals surface area contributed by atoms with Crippen molar-refractivity contribution >= 4 is 27.5 Å². The number of anilines is 1. The second-order valence-corrected chi connectivity index (χ2v) is 5.09. The molecular formula is C13H9BrF3NO2. The fraction of sp³-hybridized carbons (Fsp3) is 0.308. The van der Waals surface area contributed by atoms with Gasteiger partial charge in [-0.1, -0.05) is 0 Å². The summed E-state index contributed by atoms with van der Waals surface area (Å²) in [4.78, 5) is 13.2. The number of hydrogen-bond acceptors (Lipinski definition) is 2. The van der Waals surface area contributed by atoms with Crippen molar-refractivity contribution in [3.8, 4) is 18.1 Å². The van der Waals surface area contributed by atoms with Gasteiger partial charge in [0.2, 0.25) is 5.91 Å². The quantitative estimate of drug-likeness (QED) is 0.768. The lowest BCUT2D eigenvalue weighted by atomic mass is 10.1. The Labute approximate surface area is 121 Å². The van der Waals surface area contributed by atoms with Crippen LogP contribution in [0.15, 0.2) is 22.7 Å². The van der Waals surface area contributed by atoms with Gasteiger partial charge in [-0.2, -0.15) is 0 Å². The normalized spacial score (nSPS) is 19.1. The zero-order valence-electron chi connectivity index (χ0n) is 10.1. The Morgan fingerprint density at radius 1 is 1.45 bits per heavy atom. The minimum atomic E-state index is -4.78. The Balaban J connectivity index is 2.30. The number of hydrogen-bond donors (Lipinski definition) is 0. The molecular weight excluding hydrogens is 339 g/mol. The third-order valence-electron chi connectivity index (χ3n) is 2.80. The molecule has 1 heterocycles. The Kier molecular flexibility index (Phi) is 3.95. The van der Waals surface area contributed by atoms with Gasteiger partial charge in [0.15, 0.2) is 0 Å². The highest BCUT2D eigenvalue weighted by Crippen LogP contribution is 2.35. The number of benzene rings is 1. The van der Waals surface area contributed by atoms with E-state index < -0.39 is 6.36 Å². The summed E-state index contributed by atoms with van der Waals surface area (Å²) in [6, 6.07) is 3.72. The van der Waals surface area contributed by atoms with Gasteiger partial charge in [0.05, 0.1) is 5.69 Å². The van der Waals surface area contributed by atoms with Gasteiger partial charge in [-0.15, -0.1) is 25.5 Å². The van der Waals surface area contributed by atoms with Gasteiger partial charge in [0.1, 0.15) is 5.75 Å². The number of nitrogens with zero attached hydrogens (tertiary/aromatic N) is 1. The number of carbonyl (C=O) groups is 1. The molecule has 1 atom stereocenters. The first-order chi connectivity index (χ1) is 9.30. The van der Waals surface area contributed by atoms with E-state index in [1.807, 2.05) is 0 Å². The summed E-state index contributed by atoms with van der Waals surface area (Å²) in [6.45, 7) is 0.281. The minimum absolute atomic E-state index is 0.188. The molecule has 1 aromatic carbocycles. The van der Waals surface area contributed by atoms with Crippen molar-refractivity contribution in [2.45, 2.75) is 12.8 Å². The van der Waals surface area contributed by atoms with Crippen molar-refractivity contribution in [3.05, 3.63) is 22.7 Å². The van der Waals surface area contributed by atoms with Crippen LogP contribution in [0.3, 0.4) is 0 Å². The first kappa shape index (κ1) is 14.7. The van der Waals surface area contributed by atoms with Gasteiger partial charge in [-0.25, -0.2) is 0 Å². The number of halogens is 4. The largest absolute Gasteiger partial charge is 0.573 e. The molecule has 1 aliphatic heterocycles. The highest BCUT2D eigenvalue weighted by Gasteiger charge is 2.33. The average Bonchev–Trinajstić information content (AvgIpc) is 2.71. The molecule has 2 rings (SSSR count). The molecule has 1 unspecified atom stereocenters. The Morgan fingerprint density at radius 3 is 2.70 bits per heavy atom. The Bertz CT molecular complexity index is 580. The molecule has 106 valence electrons. The molecule has 1 amide bonds. The van der Waals surface area contributed by atoms with E-state index in [1.165, 1.54) is 17.0 Å². The lowest BCUT2D eigenvalue weighted by Gasteiger charge is -2.19. The number of carbonyl (C=O) groups excluding carboxylic acids is 1. The van der Waals surface area contributed by atoms with E-state index in [9.17, 15) is 18.0 Å². The number of ether oxygens (including phenoxy) is 1. The molecule has 0 bridgehead atoms. The van der Waals surface area contributed by atoms with E-state index in [2.05, 4.69) is 26.6 Å². The van der Waals surface area contributed by atoms with Crippen LogP contribution in [0.1, 0.15) is 6.42 Å². The summed E-state index contributed by atoms with van der Waals surface area (Å²) in [7, 11) is 0. The molecule has 20 heavy (non-hydrogen) atoms. The van der Waals surface area contributed by atoms with Crippen molar-refractivity contribution in [1.82, 2.24) is 0 Å². The summed E-state index contributed by atoms with van der Waals surface area (Å²) < 4.78 is 41.0. The molecule has 1 fully saturated rings. The Morgan fingerprint density at radius 2 is 2.15 bits per heavy atom. The number of terminal acetylenes is 1. The second-order valence-electron chi connectivity index (χ2n) is 4.23. The van der Waals surface area contributed by atoms with Gasteiger partial charge < -0.3 is 9.64 Å². The minimum Gasteiger partial charge on any atom is -0.406 e. The third-order valence-corrected chi connectivity index (χ3v) is 3.47. The highest BCUT2D eigenvalue weighted by atomic mass is 79.9. The maximum absolute atomic E-state index is 12.2. The van der Waals surface area contributed by atoms with E-state index >= 15 is 0 Å². The molecule has 7 heteroatoms. The van der Waals surface area contributed by atoms with Crippen molar-refractivity contribution in [1.29, 1.82) is 0 Å². The van der Waals surface area contributed by atoms with E-state index in [1.54, 1.807) is 0 Å². The monoisotopic (exact) mass is 347 g/mol. The zero-order chi connectivity index (χ0) is 14.9. The van der Waals surface area contributed by atoms with E-state index in [-0.39, 0.29) is 30.5 Å². The van der Waals surface area contributed by atoms with Crippen LogP contribution in [0, 0.1) is 18.3 Å². The molecule has 0 N–H and O–H groups in total. The molecule has 3 nitrogen and oxygen atoms in total. The lowest BCUT2D eigenvalue weighted by molar-refractivity contribution is -0.274. The summed E-state index contributed by atoms with van der Waals surface area (Å²) in [6.07, 6.45) is 0.685. The van der Waals surface area contributed by atoms with Crippen LogP contribution in [0.4, 0.5) is 18.9 Å². The third kappa shape index (κ3) is 3.25. The molecule has 0 radical (unpaired) electrons. The van der Waals surface area contributed by atoms with Gasteiger partial charge in [-0.3, -0.25) is 4.79 Å². The summed E-state index contributed by atoms with van der Waals surface area (Å²) >= 11 is 3.21. The van der Waals surface area contributed by atoms with Crippen LogP contribution < -0.4 is 9.64 Å². The molecule has 0 spiro atoms. The van der Waals surface area contributed by atoms with Crippen LogP contribution in [-0.4, -0.2) is 18.8 Å². The van der Waals surface area contributed by atoms with Crippen molar-refractivity contribution in [2.75, 3.05) is 11.4 Å². The molecule has 1 aromatic rings. The molecule has 0 aliphatic carbocycles. The van der Waals surface area contributed by atoms with Crippen LogP contribution in [0.5, 0.6) is 5.75 Å². The van der Waals surface area contributed by atoms with Crippen LogP contribution >= 0.6 is 15.9 Å². The van der Waals surface area contributed by atoms with Crippen LogP contribution in [0.2, 0.25) is 0 Å². The second kappa shape index (κ2) is 5.37. The van der Waals surface area contributed by atoms with E-state index in [0.717, 1.165) is 6.07 Å². The molecule has 1 saturated heterocycles. The summed E-state index contributed by atoms with van der Waals surface area (Å²) in [5.41, 5.74) is 0.314. The Hall–Kier alpha value is -1.68. The fourth-order valence-corrected chi connectivity index (χ4v) is 2.41. The lowest BCUT2D eigenvalue weighted by Crippen LogP contribution is -2.25. The predicted molar refractivity (Wildman–Crippen MR) is 70.1 cm³/mol. The SMILES string of the molecule is C#CC1CC(=O)N(c2cc(OC(F)(F)F)ccc2Br)C1. The van der Waals surface area contributed by atoms with Gasteiger partial charge in [0.25, 0.3) is 0 Å². The first-order valence-corrected chi connectivity index (χ1v) is 6.41. The van der Waals surface area contributed by atoms with E-state index in [0.29, 0.717) is 10.2 Å². The van der Waals surface area contributed by atoms with Crippen molar-refractivity contribution in [3.63, 3.8) is 0 Å². The van der Waals surface area contributed by atoms with Crippen molar-refractivity contribution in [2.24, 2.45) is 5.92 Å².